The number of carbonyl (C=O) groups is 1. The zero-order chi connectivity index (χ0) is 21.1. The van der Waals surface area contributed by atoms with Crippen LogP contribution in [0.2, 0.25) is 0 Å². The van der Waals surface area contributed by atoms with Crippen molar-refractivity contribution >= 4 is 11.9 Å². The number of hydrogen-bond donors (Lipinski definition) is 3. The molecule has 2 aromatic carbocycles. The molecule has 1 amide bonds. The summed E-state index contributed by atoms with van der Waals surface area (Å²) < 4.78 is 15.7. The maximum Gasteiger partial charge on any atom is 0.251 e. The number of guanidine groups is 1. The number of hydrogen-bond acceptors (Lipinski definition) is 5. The fraction of sp³-hybridized carbons (Fsp3) is 0.333. The molecule has 29 heavy (non-hydrogen) atoms. The van der Waals surface area contributed by atoms with Crippen molar-refractivity contribution in [2.45, 2.75) is 6.54 Å². The van der Waals surface area contributed by atoms with Gasteiger partial charge in [0.2, 0.25) is 0 Å². The van der Waals surface area contributed by atoms with Crippen LogP contribution in [0.25, 0.3) is 0 Å². The number of nitrogens with zero attached hydrogens (tertiary/aromatic N) is 1. The third-order valence-corrected chi connectivity index (χ3v) is 4.20. The number of amides is 1. The first-order valence-corrected chi connectivity index (χ1v) is 9.19. The van der Waals surface area contributed by atoms with Gasteiger partial charge in [0, 0.05) is 43.9 Å². The molecule has 0 saturated heterocycles. The molecule has 0 saturated carbocycles. The van der Waals surface area contributed by atoms with Crippen molar-refractivity contribution < 1.29 is 19.0 Å². The molecule has 0 unspecified atom stereocenters. The van der Waals surface area contributed by atoms with Crippen LogP contribution in [-0.4, -0.2) is 53.3 Å². The molecule has 0 aliphatic rings. The molecule has 2 rings (SSSR count). The van der Waals surface area contributed by atoms with Gasteiger partial charge in [-0.1, -0.05) is 6.07 Å². The van der Waals surface area contributed by atoms with Gasteiger partial charge in [0.05, 0.1) is 21.3 Å². The minimum Gasteiger partial charge on any atom is -0.497 e. The quantitative estimate of drug-likeness (QED) is 0.338. The smallest absolute Gasteiger partial charge is 0.251 e. The standard InChI is InChI=1S/C21H28N4O4/c1-22-21(25-14-16-8-9-18(28-3)13-19(16)29-4)24-11-10-23-20(26)15-6-5-7-17(12-15)27-2/h5-9,12-13H,10-11,14H2,1-4H3,(H,23,26)(H2,22,24,25). The molecule has 0 aromatic heterocycles. The van der Waals surface area contributed by atoms with Gasteiger partial charge in [0.25, 0.3) is 5.91 Å². The average Bonchev–Trinajstić information content (AvgIpc) is 2.78. The summed E-state index contributed by atoms with van der Waals surface area (Å²) >= 11 is 0. The van der Waals surface area contributed by atoms with Gasteiger partial charge >= 0.3 is 0 Å². The summed E-state index contributed by atoms with van der Waals surface area (Å²) in [6.45, 7) is 1.50. The molecular formula is C21H28N4O4. The molecule has 156 valence electrons. The molecule has 0 heterocycles. The highest BCUT2D eigenvalue weighted by Crippen LogP contribution is 2.24. The maximum absolute atomic E-state index is 12.2. The largest absolute Gasteiger partial charge is 0.497 e. The van der Waals surface area contributed by atoms with E-state index in [1.54, 1.807) is 52.6 Å². The van der Waals surface area contributed by atoms with E-state index in [9.17, 15) is 4.79 Å². The van der Waals surface area contributed by atoms with E-state index in [1.165, 1.54) is 0 Å². The Morgan fingerprint density at radius 3 is 2.31 bits per heavy atom. The lowest BCUT2D eigenvalue weighted by Crippen LogP contribution is -2.41. The van der Waals surface area contributed by atoms with Gasteiger partial charge in [-0.15, -0.1) is 0 Å². The predicted octanol–water partition coefficient (Wildman–Crippen LogP) is 1.81. The molecule has 0 aliphatic carbocycles. The maximum atomic E-state index is 12.2. The van der Waals surface area contributed by atoms with Crippen LogP contribution in [0, 0.1) is 0 Å². The molecule has 0 bridgehead atoms. The van der Waals surface area contributed by atoms with E-state index in [2.05, 4.69) is 20.9 Å². The Morgan fingerprint density at radius 1 is 0.897 bits per heavy atom. The molecule has 0 radical (unpaired) electrons. The number of rotatable bonds is 9. The minimum absolute atomic E-state index is 0.156. The van der Waals surface area contributed by atoms with Crippen LogP contribution in [0.5, 0.6) is 17.2 Å². The van der Waals surface area contributed by atoms with Crippen LogP contribution < -0.4 is 30.2 Å². The van der Waals surface area contributed by atoms with E-state index < -0.39 is 0 Å². The normalized spacial score (nSPS) is 10.8. The Labute approximate surface area is 171 Å². The Kier molecular flexibility index (Phi) is 8.62. The average molecular weight is 400 g/mol. The van der Waals surface area contributed by atoms with Crippen LogP contribution >= 0.6 is 0 Å². The van der Waals surface area contributed by atoms with Crippen LogP contribution in [-0.2, 0) is 6.54 Å². The van der Waals surface area contributed by atoms with Crippen molar-refractivity contribution in [3.8, 4) is 17.2 Å². The van der Waals surface area contributed by atoms with Gasteiger partial charge in [-0.2, -0.15) is 0 Å². The zero-order valence-corrected chi connectivity index (χ0v) is 17.2. The first-order chi connectivity index (χ1) is 14.1. The van der Waals surface area contributed by atoms with Gasteiger partial charge in [-0.25, -0.2) is 0 Å². The molecular weight excluding hydrogens is 372 g/mol. The van der Waals surface area contributed by atoms with Gasteiger partial charge < -0.3 is 30.2 Å². The number of carbonyl (C=O) groups excluding carboxylic acids is 1. The lowest BCUT2D eigenvalue weighted by atomic mass is 10.2. The van der Waals surface area contributed by atoms with Crippen molar-refractivity contribution in [1.82, 2.24) is 16.0 Å². The molecule has 0 atom stereocenters. The van der Waals surface area contributed by atoms with E-state index in [0.29, 0.717) is 36.9 Å². The Balaban J connectivity index is 1.78. The second-order valence-electron chi connectivity index (χ2n) is 6.02. The van der Waals surface area contributed by atoms with Crippen LogP contribution in [0.4, 0.5) is 0 Å². The fourth-order valence-corrected chi connectivity index (χ4v) is 2.62. The molecule has 2 aromatic rings. The van der Waals surface area contributed by atoms with Crippen molar-refractivity contribution in [3.63, 3.8) is 0 Å². The minimum atomic E-state index is -0.156. The molecule has 8 heteroatoms. The van der Waals surface area contributed by atoms with Gasteiger partial charge in [0.15, 0.2) is 5.96 Å². The van der Waals surface area contributed by atoms with Crippen LogP contribution in [0.15, 0.2) is 47.5 Å². The number of methoxy groups -OCH3 is 3. The van der Waals surface area contributed by atoms with E-state index in [-0.39, 0.29) is 5.91 Å². The monoisotopic (exact) mass is 400 g/mol. The van der Waals surface area contributed by atoms with Crippen molar-refractivity contribution in [2.75, 3.05) is 41.5 Å². The summed E-state index contributed by atoms with van der Waals surface area (Å²) in [5.41, 5.74) is 1.53. The topological polar surface area (TPSA) is 93.2 Å². The molecule has 0 spiro atoms. The van der Waals surface area contributed by atoms with E-state index in [0.717, 1.165) is 17.1 Å². The van der Waals surface area contributed by atoms with Crippen molar-refractivity contribution in [2.24, 2.45) is 4.99 Å². The first-order valence-electron chi connectivity index (χ1n) is 9.19. The molecule has 3 N–H and O–H groups in total. The van der Waals surface area contributed by atoms with Gasteiger partial charge in [0.1, 0.15) is 17.2 Å². The zero-order valence-electron chi connectivity index (χ0n) is 17.2. The fourth-order valence-electron chi connectivity index (χ4n) is 2.62. The Bertz CT molecular complexity index is 839. The van der Waals surface area contributed by atoms with E-state index in [4.69, 9.17) is 14.2 Å². The summed E-state index contributed by atoms with van der Waals surface area (Å²) in [5.74, 6) is 2.59. The third kappa shape index (κ3) is 6.60. The van der Waals surface area contributed by atoms with Gasteiger partial charge in [-0.3, -0.25) is 9.79 Å². The van der Waals surface area contributed by atoms with Gasteiger partial charge in [-0.05, 0) is 30.3 Å². The highest BCUT2D eigenvalue weighted by Gasteiger charge is 2.08. The summed E-state index contributed by atoms with van der Waals surface area (Å²) in [7, 11) is 6.50. The summed E-state index contributed by atoms with van der Waals surface area (Å²) in [4.78, 5) is 16.4. The third-order valence-electron chi connectivity index (χ3n) is 4.20. The molecule has 0 fully saturated rings. The lowest BCUT2D eigenvalue weighted by Gasteiger charge is -2.14. The van der Waals surface area contributed by atoms with Crippen molar-refractivity contribution in [1.29, 1.82) is 0 Å². The van der Waals surface area contributed by atoms with Crippen LogP contribution in [0.3, 0.4) is 0 Å². The van der Waals surface area contributed by atoms with E-state index in [1.807, 2.05) is 18.2 Å². The highest BCUT2D eigenvalue weighted by molar-refractivity contribution is 5.94. The SMILES string of the molecule is CN=C(NCCNC(=O)c1cccc(OC)c1)NCc1ccc(OC)cc1OC. The van der Waals surface area contributed by atoms with Crippen LogP contribution in [0.1, 0.15) is 15.9 Å². The Morgan fingerprint density at radius 2 is 1.62 bits per heavy atom. The van der Waals surface area contributed by atoms with E-state index >= 15 is 0 Å². The number of benzene rings is 2. The highest BCUT2D eigenvalue weighted by atomic mass is 16.5. The number of nitrogens with one attached hydrogen (secondary N) is 3. The molecule has 8 nitrogen and oxygen atoms in total. The lowest BCUT2D eigenvalue weighted by molar-refractivity contribution is 0.0954. The number of ether oxygens (including phenoxy) is 3. The Hall–Kier alpha value is -3.42. The molecule has 0 aliphatic heterocycles. The first kappa shape index (κ1) is 21.9. The van der Waals surface area contributed by atoms with Crippen molar-refractivity contribution in [3.05, 3.63) is 53.6 Å². The second kappa shape index (κ2) is 11.4. The predicted molar refractivity (Wildman–Crippen MR) is 113 cm³/mol. The second-order valence-corrected chi connectivity index (χ2v) is 6.02. The summed E-state index contributed by atoms with van der Waals surface area (Å²) in [5, 5.41) is 9.25. The summed E-state index contributed by atoms with van der Waals surface area (Å²) in [6, 6.07) is 12.7. The number of aliphatic imine (C=N–C) groups is 1. The summed E-state index contributed by atoms with van der Waals surface area (Å²) in [6.07, 6.45) is 0.